The maximum Gasteiger partial charge on any atom is 0.490 e. The van der Waals surface area contributed by atoms with Gasteiger partial charge in [-0.05, 0) is 67.8 Å². The molecule has 5 N–H and O–H groups in total. The smallest absolute Gasteiger partial charge is 0.475 e. The first kappa shape index (κ1) is 30.5. The van der Waals surface area contributed by atoms with Gasteiger partial charge >= 0.3 is 12.1 Å². The van der Waals surface area contributed by atoms with Gasteiger partial charge in [0, 0.05) is 52.3 Å². The number of carbonyl (C=O) groups is 3. The lowest BCUT2D eigenvalue weighted by Gasteiger charge is -2.37. The molecule has 1 saturated heterocycles. The minimum atomic E-state index is -5.08. The van der Waals surface area contributed by atoms with Gasteiger partial charge in [-0.1, -0.05) is 6.07 Å². The Balaban J connectivity index is 0.000000517. The number of hydrogen-bond donors (Lipinski definition) is 5. The number of thiophene rings is 1. The molecular formula is C28H29F3N6O4S. The van der Waals surface area contributed by atoms with Crippen LogP contribution in [0.15, 0.2) is 60.0 Å². The second-order valence-corrected chi connectivity index (χ2v) is 10.8. The van der Waals surface area contributed by atoms with Crippen molar-refractivity contribution >= 4 is 51.5 Å². The van der Waals surface area contributed by atoms with Crippen LogP contribution in [0.5, 0.6) is 0 Å². The minimum absolute atomic E-state index is 0.175. The van der Waals surface area contributed by atoms with E-state index in [4.69, 9.17) is 9.90 Å². The number of aromatic amines is 1. The van der Waals surface area contributed by atoms with E-state index in [-0.39, 0.29) is 11.8 Å². The molecule has 3 heterocycles. The van der Waals surface area contributed by atoms with Gasteiger partial charge in [0.15, 0.2) is 5.82 Å². The Kier molecular flexibility index (Phi) is 9.48. The number of nitrogens with zero attached hydrogens (tertiary/aromatic N) is 2. The third-order valence-corrected chi connectivity index (χ3v) is 7.23. The second kappa shape index (κ2) is 13.0. The Morgan fingerprint density at radius 2 is 1.67 bits per heavy atom. The SMILES string of the molecule is CC1CN(c2ccc(C(=O)Nc3n[nH]c4ccc(C(=O)NCc5cccs5)cc34)cc2)CC(C)N1.O=C(O)C(F)(F)F. The highest BCUT2D eigenvalue weighted by Gasteiger charge is 2.38. The van der Waals surface area contributed by atoms with Crippen molar-refractivity contribution in [1.82, 2.24) is 20.8 Å². The molecule has 0 bridgehead atoms. The van der Waals surface area contributed by atoms with E-state index in [1.165, 1.54) is 0 Å². The molecule has 2 aromatic heterocycles. The number of nitrogens with one attached hydrogen (secondary N) is 4. The van der Waals surface area contributed by atoms with E-state index in [9.17, 15) is 22.8 Å². The first-order chi connectivity index (χ1) is 19.9. The van der Waals surface area contributed by atoms with E-state index >= 15 is 0 Å². The largest absolute Gasteiger partial charge is 0.490 e. The van der Waals surface area contributed by atoms with Crippen molar-refractivity contribution in [3.8, 4) is 0 Å². The molecule has 42 heavy (non-hydrogen) atoms. The molecule has 0 saturated carbocycles. The number of H-pyrrole nitrogens is 1. The van der Waals surface area contributed by atoms with Crippen LogP contribution < -0.4 is 20.9 Å². The number of fused-ring (bicyclic) bond motifs is 1. The molecule has 2 unspecified atom stereocenters. The summed E-state index contributed by atoms with van der Waals surface area (Å²) in [4.78, 5) is 37.9. The van der Waals surface area contributed by atoms with Gasteiger partial charge in [-0.25, -0.2) is 4.79 Å². The van der Waals surface area contributed by atoms with Crippen LogP contribution in [-0.4, -0.2) is 64.4 Å². The third-order valence-electron chi connectivity index (χ3n) is 6.35. The zero-order valence-electron chi connectivity index (χ0n) is 22.7. The molecule has 2 aromatic carbocycles. The standard InChI is InChI=1S/C26H28N6O2S.C2HF3O2/c1-16-14-32(15-17(2)28-16)20-8-5-18(6-9-20)26(34)29-24-22-12-19(7-10-23(22)30-31-24)25(33)27-13-21-4-3-11-35-21;3-2(4,5)1(6)7/h3-12,16-17,28H,13-15H2,1-2H3,(H,27,33)(H2,29,30,31,34);(H,6,7). The number of aliphatic carboxylic acids is 1. The molecule has 5 rings (SSSR count). The summed E-state index contributed by atoms with van der Waals surface area (Å²) < 4.78 is 31.7. The van der Waals surface area contributed by atoms with Crippen LogP contribution in [0.1, 0.15) is 39.4 Å². The molecule has 2 amide bonds. The molecule has 0 spiro atoms. The molecule has 0 aliphatic carbocycles. The Morgan fingerprint density at radius 1 is 1.02 bits per heavy atom. The number of hydrogen-bond acceptors (Lipinski definition) is 7. The summed E-state index contributed by atoms with van der Waals surface area (Å²) in [5, 5.41) is 26.3. The average molecular weight is 603 g/mol. The van der Waals surface area contributed by atoms with Crippen molar-refractivity contribution < 1.29 is 32.7 Å². The van der Waals surface area contributed by atoms with E-state index in [0.717, 1.165) is 29.2 Å². The summed E-state index contributed by atoms with van der Waals surface area (Å²) in [5.74, 6) is -2.79. The molecule has 1 aliphatic rings. The molecule has 2 atom stereocenters. The van der Waals surface area contributed by atoms with Gasteiger partial charge in [-0.2, -0.15) is 18.3 Å². The van der Waals surface area contributed by atoms with Crippen molar-refractivity contribution in [2.24, 2.45) is 0 Å². The first-order valence-corrected chi connectivity index (χ1v) is 13.8. The highest BCUT2D eigenvalue weighted by atomic mass is 32.1. The number of piperazine rings is 1. The Hall–Kier alpha value is -4.43. The van der Waals surface area contributed by atoms with Crippen molar-refractivity contribution in [3.05, 3.63) is 76.0 Å². The number of rotatable bonds is 6. The number of carboxylic acid groups (broad SMARTS) is 1. The van der Waals surface area contributed by atoms with E-state index in [1.807, 2.05) is 41.8 Å². The maximum atomic E-state index is 12.9. The number of halogens is 3. The van der Waals surface area contributed by atoms with Crippen LogP contribution in [0.4, 0.5) is 24.7 Å². The second-order valence-electron chi connectivity index (χ2n) is 9.77. The molecular weight excluding hydrogens is 573 g/mol. The third kappa shape index (κ3) is 7.85. The fourth-order valence-corrected chi connectivity index (χ4v) is 5.12. The Morgan fingerprint density at radius 3 is 2.26 bits per heavy atom. The van der Waals surface area contributed by atoms with Gasteiger partial charge in [-0.15, -0.1) is 11.3 Å². The Bertz CT molecular complexity index is 1530. The van der Waals surface area contributed by atoms with Crippen LogP contribution in [0.25, 0.3) is 10.9 Å². The number of carbonyl (C=O) groups excluding carboxylic acids is 2. The zero-order chi connectivity index (χ0) is 30.4. The summed E-state index contributed by atoms with van der Waals surface area (Å²) >= 11 is 1.60. The van der Waals surface area contributed by atoms with E-state index in [2.05, 4.69) is 44.9 Å². The van der Waals surface area contributed by atoms with Gasteiger partial charge in [0.1, 0.15) is 0 Å². The van der Waals surface area contributed by atoms with Gasteiger partial charge in [-0.3, -0.25) is 14.7 Å². The summed E-state index contributed by atoms with van der Waals surface area (Å²) in [6.07, 6.45) is -5.08. The van der Waals surface area contributed by atoms with Crippen molar-refractivity contribution in [2.45, 2.75) is 38.7 Å². The number of amides is 2. The average Bonchev–Trinajstić information content (AvgIpc) is 3.61. The van der Waals surface area contributed by atoms with Gasteiger partial charge in [0.05, 0.1) is 12.1 Å². The molecule has 4 aromatic rings. The van der Waals surface area contributed by atoms with Gasteiger partial charge in [0.2, 0.25) is 0 Å². The van der Waals surface area contributed by atoms with Gasteiger partial charge in [0.25, 0.3) is 11.8 Å². The molecule has 1 fully saturated rings. The van der Waals surface area contributed by atoms with Crippen LogP contribution in [-0.2, 0) is 11.3 Å². The van der Waals surface area contributed by atoms with E-state index in [0.29, 0.717) is 41.0 Å². The monoisotopic (exact) mass is 602 g/mol. The van der Waals surface area contributed by atoms with Crippen LogP contribution in [0.2, 0.25) is 0 Å². The molecule has 222 valence electrons. The summed E-state index contributed by atoms with van der Waals surface area (Å²) in [6, 6.07) is 17.7. The molecule has 10 nitrogen and oxygen atoms in total. The summed E-state index contributed by atoms with van der Waals surface area (Å²) in [6.45, 7) is 6.69. The quantitative estimate of drug-likeness (QED) is 0.217. The first-order valence-electron chi connectivity index (χ1n) is 12.9. The number of aromatic nitrogens is 2. The number of benzene rings is 2. The molecule has 1 aliphatic heterocycles. The zero-order valence-corrected chi connectivity index (χ0v) is 23.5. The van der Waals surface area contributed by atoms with Crippen molar-refractivity contribution in [2.75, 3.05) is 23.3 Å². The lowest BCUT2D eigenvalue weighted by atomic mass is 10.1. The normalized spacial score (nSPS) is 16.8. The van der Waals surface area contributed by atoms with Crippen molar-refractivity contribution in [1.29, 1.82) is 0 Å². The number of alkyl halides is 3. The fourth-order valence-electron chi connectivity index (χ4n) is 4.47. The predicted octanol–water partition coefficient (Wildman–Crippen LogP) is 4.63. The number of carboxylic acids is 1. The highest BCUT2D eigenvalue weighted by Crippen LogP contribution is 2.24. The summed E-state index contributed by atoms with van der Waals surface area (Å²) in [5.41, 5.74) is 2.90. The minimum Gasteiger partial charge on any atom is -0.475 e. The predicted molar refractivity (Wildman–Crippen MR) is 154 cm³/mol. The summed E-state index contributed by atoms with van der Waals surface area (Å²) in [7, 11) is 0. The molecule has 14 heteroatoms. The van der Waals surface area contributed by atoms with E-state index in [1.54, 1.807) is 29.5 Å². The topological polar surface area (TPSA) is 139 Å². The van der Waals surface area contributed by atoms with Crippen LogP contribution >= 0.6 is 11.3 Å². The number of anilines is 2. The highest BCUT2D eigenvalue weighted by molar-refractivity contribution is 7.09. The maximum absolute atomic E-state index is 12.9. The Labute approximate surface area is 242 Å². The lowest BCUT2D eigenvalue weighted by Crippen LogP contribution is -2.54. The van der Waals surface area contributed by atoms with E-state index < -0.39 is 12.1 Å². The van der Waals surface area contributed by atoms with Crippen molar-refractivity contribution in [3.63, 3.8) is 0 Å². The van der Waals surface area contributed by atoms with Gasteiger partial charge < -0.3 is 26.0 Å². The molecule has 0 radical (unpaired) electrons. The van der Waals surface area contributed by atoms with Crippen LogP contribution in [0.3, 0.4) is 0 Å². The van der Waals surface area contributed by atoms with Crippen LogP contribution in [0, 0.1) is 0 Å². The lowest BCUT2D eigenvalue weighted by molar-refractivity contribution is -0.192. The fraction of sp³-hybridized carbons (Fsp3) is 0.286.